The number of nitrogens with one attached hydrogen (secondary N) is 1. The topological polar surface area (TPSA) is 73.9 Å². The molecule has 1 unspecified atom stereocenters. The van der Waals surface area contributed by atoms with Crippen LogP contribution in [0.4, 0.5) is 5.69 Å². The normalized spacial score (nSPS) is 15.8. The lowest BCUT2D eigenvalue weighted by molar-refractivity contribution is -0.141. The number of hydrogen-bond acceptors (Lipinski definition) is 5. The molecule has 0 heterocycles. The standard InChI is InChI=1S/C20H29NO5/c1-5-12-25-17-11-10-15(13-16(17)18(22)24-6-2)21-19(23)20(4,26-7-3)14-8-9-14/h10-11,13-14H,5-9,12H2,1-4H3,(H,21,23). The number of anilines is 1. The highest BCUT2D eigenvalue weighted by molar-refractivity contribution is 6.00. The van der Waals surface area contributed by atoms with Crippen LogP contribution in [0.25, 0.3) is 0 Å². The van der Waals surface area contributed by atoms with E-state index in [1.807, 2.05) is 20.8 Å². The zero-order valence-electron chi connectivity index (χ0n) is 16.1. The number of ether oxygens (including phenoxy) is 3. The molecule has 6 heteroatoms. The van der Waals surface area contributed by atoms with Crippen LogP contribution in [0, 0.1) is 5.92 Å². The van der Waals surface area contributed by atoms with E-state index < -0.39 is 11.6 Å². The Morgan fingerprint density at radius 1 is 1.19 bits per heavy atom. The van der Waals surface area contributed by atoms with Gasteiger partial charge in [-0.2, -0.15) is 0 Å². The van der Waals surface area contributed by atoms with Crippen LogP contribution >= 0.6 is 0 Å². The second-order valence-electron chi connectivity index (χ2n) is 6.55. The zero-order chi connectivity index (χ0) is 19.2. The van der Waals surface area contributed by atoms with Gasteiger partial charge in [-0.15, -0.1) is 0 Å². The Kier molecular flexibility index (Phi) is 7.03. The molecule has 144 valence electrons. The summed E-state index contributed by atoms with van der Waals surface area (Å²) in [6, 6.07) is 5.01. The largest absolute Gasteiger partial charge is 0.493 e. The molecule has 1 aromatic rings. The highest BCUT2D eigenvalue weighted by atomic mass is 16.5. The summed E-state index contributed by atoms with van der Waals surface area (Å²) < 4.78 is 16.5. The molecular formula is C20H29NO5. The van der Waals surface area contributed by atoms with Crippen LogP contribution in [0.5, 0.6) is 5.75 Å². The van der Waals surface area contributed by atoms with Gasteiger partial charge in [0.25, 0.3) is 5.91 Å². The minimum atomic E-state index is -0.851. The van der Waals surface area contributed by atoms with E-state index in [4.69, 9.17) is 14.2 Å². The lowest BCUT2D eigenvalue weighted by atomic mass is 9.98. The molecule has 0 saturated heterocycles. The molecule has 1 aliphatic carbocycles. The Balaban J connectivity index is 2.21. The SMILES string of the molecule is CCCOc1ccc(NC(=O)C(C)(OCC)C2CC2)cc1C(=O)OCC. The molecular weight excluding hydrogens is 334 g/mol. The summed E-state index contributed by atoms with van der Waals surface area (Å²) in [5.41, 5.74) is -0.0212. The monoisotopic (exact) mass is 363 g/mol. The van der Waals surface area contributed by atoms with Gasteiger partial charge >= 0.3 is 5.97 Å². The fourth-order valence-corrected chi connectivity index (χ4v) is 2.87. The first-order chi connectivity index (χ1) is 12.5. The maximum atomic E-state index is 12.8. The van der Waals surface area contributed by atoms with Crippen molar-refractivity contribution in [2.75, 3.05) is 25.1 Å². The lowest BCUT2D eigenvalue weighted by Crippen LogP contribution is -2.44. The van der Waals surface area contributed by atoms with Gasteiger partial charge in [-0.1, -0.05) is 6.92 Å². The maximum Gasteiger partial charge on any atom is 0.341 e. The van der Waals surface area contributed by atoms with E-state index in [1.165, 1.54) is 0 Å². The first-order valence-electron chi connectivity index (χ1n) is 9.35. The molecule has 1 amide bonds. The van der Waals surface area contributed by atoms with Crippen molar-refractivity contribution in [3.05, 3.63) is 23.8 Å². The van der Waals surface area contributed by atoms with Crippen LogP contribution in [-0.4, -0.2) is 37.3 Å². The molecule has 0 aliphatic heterocycles. The highest BCUT2D eigenvalue weighted by Crippen LogP contribution is 2.42. The number of rotatable bonds is 10. The predicted molar refractivity (Wildman–Crippen MR) is 99.6 cm³/mol. The van der Waals surface area contributed by atoms with E-state index in [0.29, 0.717) is 30.2 Å². The first-order valence-corrected chi connectivity index (χ1v) is 9.35. The van der Waals surface area contributed by atoms with Gasteiger partial charge in [0.05, 0.1) is 13.2 Å². The van der Waals surface area contributed by atoms with E-state index in [2.05, 4.69) is 5.32 Å². The van der Waals surface area contributed by atoms with Crippen molar-refractivity contribution in [2.45, 2.75) is 52.6 Å². The van der Waals surface area contributed by atoms with Crippen molar-refractivity contribution in [1.82, 2.24) is 0 Å². The van der Waals surface area contributed by atoms with E-state index in [1.54, 1.807) is 25.1 Å². The van der Waals surface area contributed by atoms with Gasteiger partial charge in [-0.25, -0.2) is 4.79 Å². The fraction of sp³-hybridized carbons (Fsp3) is 0.600. The number of benzene rings is 1. The van der Waals surface area contributed by atoms with Crippen LogP contribution in [0.15, 0.2) is 18.2 Å². The van der Waals surface area contributed by atoms with E-state index in [9.17, 15) is 9.59 Å². The Morgan fingerprint density at radius 2 is 1.92 bits per heavy atom. The first kappa shape index (κ1) is 20.2. The van der Waals surface area contributed by atoms with Crippen LogP contribution in [0.1, 0.15) is 57.3 Å². The molecule has 1 aliphatic rings. The second kappa shape index (κ2) is 9.03. The van der Waals surface area contributed by atoms with E-state index >= 15 is 0 Å². The van der Waals surface area contributed by atoms with Crippen molar-refractivity contribution in [3.8, 4) is 5.75 Å². The third-order valence-corrected chi connectivity index (χ3v) is 4.45. The van der Waals surface area contributed by atoms with Gasteiger partial charge in [0.1, 0.15) is 16.9 Å². The molecule has 6 nitrogen and oxygen atoms in total. The van der Waals surface area contributed by atoms with Crippen LogP contribution < -0.4 is 10.1 Å². The average Bonchev–Trinajstić information content (AvgIpc) is 3.46. The van der Waals surface area contributed by atoms with Crippen LogP contribution in [0.3, 0.4) is 0 Å². The van der Waals surface area contributed by atoms with Gasteiger partial charge in [-0.3, -0.25) is 4.79 Å². The number of carbonyl (C=O) groups is 2. The lowest BCUT2D eigenvalue weighted by Gasteiger charge is -2.28. The average molecular weight is 363 g/mol. The van der Waals surface area contributed by atoms with Crippen LogP contribution in [-0.2, 0) is 14.3 Å². The predicted octanol–water partition coefficient (Wildman–Crippen LogP) is 3.80. The molecule has 0 radical (unpaired) electrons. The van der Waals surface area contributed by atoms with Gasteiger partial charge in [0.15, 0.2) is 0 Å². The molecule has 0 bridgehead atoms. The molecule has 1 atom stereocenters. The third-order valence-electron chi connectivity index (χ3n) is 4.45. The Morgan fingerprint density at radius 3 is 2.50 bits per heavy atom. The summed E-state index contributed by atoms with van der Waals surface area (Å²) in [4.78, 5) is 25.0. The molecule has 0 spiro atoms. The quantitative estimate of drug-likeness (QED) is 0.640. The summed E-state index contributed by atoms with van der Waals surface area (Å²) in [5, 5.41) is 2.88. The zero-order valence-corrected chi connectivity index (χ0v) is 16.1. The van der Waals surface area contributed by atoms with Gasteiger partial charge in [-0.05, 0) is 64.2 Å². The van der Waals surface area contributed by atoms with Crippen molar-refractivity contribution >= 4 is 17.6 Å². The number of amides is 1. The summed E-state index contributed by atoms with van der Waals surface area (Å²) >= 11 is 0. The van der Waals surface area contributed by atoms with E-state index in [-0.39, 0.29) is 18.4 Å². The summed E-state index contributed by atoms with van der Waals surface area (Å²) in [6.45, 7) is 8.69. The fourth-order valence-electron chi connectivity index (χ4n) is 2.87. The third kappa shape index (κ3) is 4.75. The molecule has 0 aromatic heterocycles. The summed E-state index contributed by atoms with van der Waals surface area (Å²) in [6.07, 6.45) is 2.80. The summed E-state index contributed by atoms with van der Waals surface area (Å²) in [7, 11) is 0. The number of esters is 1. The maximum absolute atomic E-state index is 12.8. The summed E-state index contributed by atoms with van der Waals surface area (Å²) in [5.74, 6) is 0.0283. The second-order valence-corrected chi connectivity index (χ2v) is 6.55. The van der Waals surface area contributed by atoms with Crippen molar-refractivity contribution in [3.63, 3.8) is 0 Å². The molecule has 1 saturated carbocycles. The Labute approximate surface area is 155 Å². The van der Waals surface area contributed by atoms with Gasteiger partial charge in [0.2, 0.25) is 0 Å². The van der Waals surface area contributed by atoms with Gasteiger partial charge in [0, 0.05) is 12.3 Å². The van der Waals surface area contributed by atoms with Crippen molar-refractivity contribution in [2.24, 2.45) is 5.92 Å². The smallest absolute Gasteiger partial charge is 0.341 e. The molecule has 1 aromatic carbocycles. The Bertz CT molecular complexity index is 641. The molecule has 26 heavy (non-hydrogen) atoms. The van der Waals surface area contributed by atoms with Gasteiger partial charge < -0.3 is 19.5 Å². The van der Waals surface area contributed by atoms with Crippen molar-refractivity contribution < 1.29 is 23.8 Å². The van der Waals surface area contributed by atoms with E-state index in [0.717, 1.165) is 19.3 Å². The number of carbonyl (C=O) groups excluding carboxylic acids is 2. The minimum absolute atomic E-state index is 0.195. The molecule has 2 rings (SSSR count). The Hall–Kier alpha value is -2.08. The number of hydrogen-bond donors (Lipinski definition) is 1. The minimum Gasteiger partial charge on any atom is -0.493 e. The molecule has 1 fully saturated rings. The van der Waals surface area contributed by atoms with Crippen molar-refractivity contribution in [1.29, 1.82) is 0 Å². The van der Waals surface area contributed by atoms with Crippen LogP contribution in [0.2, 0.25) is 0 Å². The molecule has 1 N–H and O–H groups in total. The highest BCUT2D eigenvalue weighted by Gasteiger charge is 2.48.